The first-order valence-corrected chi connectivity index (χ1v) is 7.35. The third-order valence-corrected chi connectivity index (χ3v) is 3.74. The predicted octanol–water partition coefficient (Wildman–Crippen LogP) is 3.95. The Morgan fingerprint density at radius 1 is 1.10 bits per heavy atom. The lowest BCUT2D eigenvalue weighted by molar-refractivity contribution is 0.102. The Kier molecular flexibility index (Phi) is 4.63. The number of anilines is 2. The van der Waals surface area contributed by atoms with Gasteiger partial charge >= 0.3 is 0 Å². The normalized spacial score (nSPS) is 10.4. The Balaban J connectivity index is 2.38. The summed E-state index contributed by atoms with van der Waals surface area (Å²) < 4.78 is 0. The second-order valence-corrected chi connectivity index (χ2v) is 5.19. The van der Waals surface area contributed by atoms with Crippen LogP contribution < -0.4 is 11.1 Å². The fourth-order valence-corrected chi connectivity index (χ4v) is 2.47. The van der Waals surface area contributed by atoms with Gasteiger partial charge in [-0.1, -0.05) is 38.1 Å². The van der Waals surface area contributed by atoms with Crippen LogP contribution in [-0.4, -0.2) is 5.91 Å². The molecule has 0 aliphatic carbocycles. The molecule has 0 saturated heterocycles. The van der Waals surface area contributed by atoms with Gasteiger partial charge in [-0.15, -0.1) is 0 Å². The van der Waals surface area contributed by atoms with Crippen LogP contribution in [0.3, 0.4) is 0 Å². The summed E-state index contributed by atoms with van der Waals surface area (Å²) in [5.74, 6) is -0.101. The maximum atomic E-state index is 12.6. The van der Waals surface area contributed by atoms with Gasteiger partial charge in [0.1, 0.15) is 0 Å². The molecule has 0 radical (unpaired) electrons. The Bertz CT molecular complexity index is 640. The summed E-state index contributed by atoms with van der Waals surface area (Å²) in [5.41, 5.74) is 11.2. The summed E-state index contributed by atoms with van der Waals surface area (Å²) in [7, 11) is 0. The molecule has 0 aromatic heterocycles. The van der Waals surface area contributed by atoms with Crippen LogP contribution in [-0.2, 0) is 12.8 Å². The molecule has 0 spiro atoms. The van der Waals surface area contributed by atoms with Crippen LogP contribution in [0, 0.1) is 6.92 Å². The number of nitrogens with one attached hydrogen (secondary N) is 1. The summed E-state index contributed by atoms with van der Waals surface area (Å²) in [4.78, 5) is 12.6. The van der Waals surface area contributed by atoms with Crippen molar-refractivity contribution < 1.29 is 4.79 Å². The van der Waals surface area contributed by atoms with E-state index in [-0.39, 0.29) is 5.91 Å². The molecule has 2 aromatic rings. The number of benzene rings is 2. The van der Waals surface area contributed by atoms with Crippen LogP contribution in [0.25, 0.3) is 0 Å². The van der Waals surface area contributed by atoms with E-state index in [1.54, 1.807) is 6.07 Å². The first-order valence-electron chi connectivity index (χ1n) is 7.35. The highest BCUT2D eigenvalue weighted by atomic mass is 16.1. The lowest BCUT2D eigenvalue weighted by atomic mass is 10.0. The molecule has 0 fully saturated rings. The highest BCUT2D eigenvalue weighted by molar-refractivity contribution is 6.06. The SMILES string of the molecule is CCc1cccc(CC)c1NC(=O)c1cc(N)ccc1C. The molecule has 3 nitrogen and oxygen atoms in total. The first kappa shape index (κ1) is 15.1. The molecule has 21 heavy (non-hydrogen) atoms. The number of aryl methyl sites for hydroxylation is 3. The van der Waals surface area contributed by atoms with Crippen molar-refractivity contribution in [2.45, 2.75) is 33.6 Å². The van der Waals surface area contributed by atoms with E-state index in [4.69, 9.17) is 5.73 Å². The average molecular weight is 282 g/mol. The predicted molar refractivity (Wildman–Crippen MR) is 88.7 cm³/mol. The van der Waals surface area contributed by atoms with E-state index in [9.17, 15) is 4.79 Å². The second kappa shape index (κ2) is 6.44. The molecular formula is C18H22N2O. The van der Waals surface area contributed by atoms with Gasteiger partial charge in [0.05, 0.1) is 0 Å². The minimum absolute atomic E-state index is 0.101. The van der Waals surface area contributed by atoms with Crippen molar-refractivity contribution in [3.8, 4) is 0 Å². The summed E-state index contributed by atoms with van der Waals surface area (Å²) in [6.07, 6.45) is 1.78. The van der Waals surface area contributed by atoms with Gasteiger partial charge in [0.2, 0.25) is 0 Å². The zero-order valence-corrected chi connectivity index (χ0v) is 12.9. The fourth-order valence-electron chi connectivity index (χ4n) is 2.47. The van der Waals surface area contributed by atoms with Crippen LogP contribution in [0.4, 0.5) is 11.4 Å². The van der Waals surface area contributed by atoms with Crippen molar-refractivity contribution in [2.24, 2.45) is 0 Å². The summed E-state index contributed by atoms with van der Waals surface area (Å²) in [6.45, 7) is 6.10. The molecule has 0 atom stereocenters. The Morgan fingerprint density at radius 3 is 2.29 bits per heavy atom. The molecule has 0 aliphatic heterocycles. The van der Waals surface area contributed by atoms with Gasteiger partial charge in [-0.05, 0) is 48.6 Å². The number of hydrogen-bond acceptors (Lipinski definition) is 2. The van der Waals surface area contributed by atoms with Gasteiger partial charge in [-0.3, -0.25) is 4.79 Å². The first-order chi connectivity index (χ1) is 10.1. The number of para-hydroxylation sites is 1. The molecule has 2 aromatic carbocycles. The standard InChI is InChI=1S/C18H22N2O/c1-4-13-7-6-8-14(5-2)17(13)20-18(21)16-11-15(19)10-9-12(16)3/h6-11H,4-5,19H2,1-3H3,(H,20,21). The molecule has 3 N–H and O–H groups in total. The second-order valence-electron chi connectivity index (χ2n) is 5.19. The van der Waals surface area contributed by atoms with Crippen molar-refractivity contribution in [2.75, 3.05) is 11.1 Å². The van der Waals surface area contributed by atoms with E-state index >= 15 is 0 Å². The molecule has 2 rings (SSSR count). The highest BCUT2D eigenvalue weighted by Crippen LogP contribution is 2.24. The molecular weight excluding hydrogens is 260 g/mol. The van der Waals surface area contributed by atoms with Crippen molar-refractivity contribution in [3.63, 3.8) is 0 Å². The van der Waals surface area contributed by atoms with Gasteiger partial charge in [0, 0.05) is 16.9 Å². The summed E-state index contributed by atoms with van der Waals surface area (Å²) in [6, 6.07) is 11.6. The van der Waals surface area contributed by atoms with Crippen molar-refractivity contribution in [3.05, 3.63) is 58.7 Å². The number of rotatable bonds is 4. The number of carbonyl (C=O) groups excluding carboxylic acids is 1. The zero-order valence-electron chi connectivity index (χ0n) is 12.9. The van der Waals surface area contributed by atoms with Crippen molar-refractivity contribution in [1.29, 1.82) is 0 Å². The van der Waals surface area contributed by atoms with Crippen molar-refractivity contribution >= 4 is 17.3 Å². The number of amides is 1. The van der Waals surface area contributed by atoms with Gasteiger partial charge in [0.25, 0.3) is 5.91 Å². The minimum Gasteiger partial charge on any atom is -0.399 e. The summed E-state index contributed by atoms with van der Waals surface area (Å²) in [5, 5.41) is 3.07. The maximum Gasteiger partial charge on any atom is 0.256 e. The molecule has 1 amide bonds. The van der Waals surface area contributed by atoms with Crippen LogP contribution in [0.5, 0.6) is 0 Å². The highest BCUT2D eigenvalue weighted by Gasteiger charge is 2.13. The van der Waals surface area contributed by atoms with Gasteiger partial charge in [0.15, 0.2) is 0 Å². The molecule has 3 heteroatoms. The van der Waals surface area contributed by atoms with E-state index in [1.807, 2.05) is 25.1 Å². The van der Waals surface area contributed by atoms with Gasteiger partial charge < -0.3 is 11.1 Å². The van der Waals surface area contributed by atoms with Crippen LogP contribution in [0.1, 0.15) is 40.9 Å². The average Bonchev–Trinajstić information content (AvgIpc) is 2.49. The molecule has 0 saturated carbocycles. The number of nitrogen functional groups attached to an aromatic ring is 1. The minimum atomic E-state index is -0.101. The quantitative estimate of drug-likeness (QED) is 0.834. The molecule has 110 valence electrons. The van der Waals surface area contributed by atoms with E-state index in [0.717, 1.165) is 35.2 Å². The zero-order chi connectivity index (χ0) is 15.4. The van der Waals surface area contributed by atoms with E-state index in [0.29, 0.717) is 11.3 Å². The number of carbonyl (C=O) groups is 1. The van der Waals surface area contributed by atoms with Gasteiger partial charge in [-0.25, -0.2) is 0 Å². The lowest BCUT2D eigenvalue weighted by Crippen LogP contribution is -2.16. The maximum absolute atomic E-state index is 12.6. The summed E-state index contributed by atoms with van der Waals surface area (Å²) >= 11 is 0. The molecule has 0 bridgehead atoms. The third-order valence-electron chi connectivity index (χ3n) is 3.74. The lowest BCUT2D eigenvalue weighted by Gasteiger charge is -2.15. The Hall–Kier alpha value is -2.29. The largest absolute Gasteiger partial charge is 0.399 e. The Labute approximate surface area is 126 Å². The molecule has 0 aliphatic rings. The smallest absolute Gasteiger partial charge is 0.256 e. The third kappa shape index (κ3) is 3.24. The van der Waals surface area contributed by atoms with Crippen LogP contribution >= 0.6 is 0 Å². The van der Waals surface area contributed by atoms with Gasteiger partial charge in [-0.2, -0.15) is 0 Å². The fraction of sp³-hybridized carbons (Fsp3) is 0.278. The van der Waals surface area contributed by atoms with E-state index in [2.05, 4.69) is 31.3 Å². The molecule has 0 unspecified atom stereocenters. The number of nitrogens with two attached hydrogens (primary N) is 1. The molecule has 0 heterocycles. The van der Waals surface area contributed by atoms with Crippen LogP contribution in [0.15, 0.2) is 36.4 Å². The Morgan fingerprint density at radius 2 is 1.71 bits per heavy atom. The topological polar surface area (TPSA) is 55.1 Å². The number of hydrogen-bond donors (Lipinski definition) is 2. The van der Waals surface area contributed by atoms with E-state index < -0.39 is 0 Å². The van der Waals surface area contributed by atoms with E-state index in [1.165, 1.54) is 0 Å². The van der Waals surface area contributed by atoms with Crippen LogP contribution in [0.2, 0.25) is 0 Å². The monoisotopic (exact) mass is 282 g/mol. The van der Waals surface area contributed by atoms with Crippen molar-refractivity contribution in [1.82, 2.24) is 0 Å².